The summed E-state index contributed by atoms with van der Waals surface area (Å²) in [6.45, 7) is 7.01. The van der Waals surface area contributed by atoms with E-state index in [1.54, 1.807) is 9.80 Å². The van der Waals surface area contributed by atoms with E-state index in [-0.39, 0.29) is 18.0 Å². The highest BCUT2D eigenvalue weighted by molar-refractivity contribution is 5.89. The number of benzene rings is 1. The van der Waals surface area contributed by atoms with E-state index in [0.29, 0.717) is 59.2 Å². The van der Waals surface area contributed by atoms with Gasteiger partial charge < -0.3 is 29.3 Å². The van der Waals surface area contributed by atoms with E-state index in [1.165, 1.54) is 0 Å². The van der Waals surface area contributed by atoms with Crippen molar-refractivity contribution in [2.45, 2.75) is 32.5 Å². The Morgan fingerprint density at radius 2 is 1.90 bits per heavy atom. The molecule has 0 spiro atoms. The molecule has 0 bridgehead atoms. The first-order valence-electron chi connectivity index (χ1n) is 10.4. The van der Waals surface area contributed by atoms with Gasteiger partial charge in [-0.2, -0.15) is 0 Å². The molecular formula is C21H31N3O5. The zero-order valence-corrected chi connectivity index (χ0v) is 17.1. The molecule has 160 valence electrons. The van der Waals surface area contributed by atoms with Gasteiger partial charge in [0.1, 0.15) is 6.10 Å². The van der Waals surface area contributed by atoms with E-state index < -0.39 is 0 Å². The van der Waals surface area contributed by atoms with Crippen LogP contribution in [0.15, 0.2) is 24.3 Å². The zero-order chi connectivity index (χ0) is 20.5. The minimum Gasteiger partial charge on any atom is -0.379 e. The Hall–Kier alpha value is -2.16. The molecule has 8 nitrogen and oxygen atoms in total. The van der Waals surface area contributed by atoms with E-state index in [9.17, 15) is 9.59 Å². The lowest BCUT2D eigenvalue weighted by Crippen LogP contribution is -2.53. The first-order chi connectivity index (χ1) is 14.2. The van der Waals surface area contributed by atoms with Gasteiger partial charge in [0.25, 0.3) is 5.91 Å². The number of nitrogens with one attached hydrogen (secondary N) is 1. The molecule has 2 heterocycles. The molecule has 0 radical (unpaired) electrons. The van der Waals surface area contributed by atoms with Crippen LogP contribution in [0, 0.1) is 0 Å². The van der Waals surface area contributed by atoms with E-state index >= 15 is 0 Å². The van der Waals surface area contributed by atoms with Gasteiger partial charge in [-0.05, 0) is 37.5 Å². The highest BCUT2D eigenvalue weighted by Gasteiger charge is 2.31. The third kappa shape index (κ3) is 6.42. The Balaban J connectivity index is 1.42. The van der Waals surface area contributed by atoms with Crippen molar-refractivity contribution in [3.63, 3.8) is 0 Å². The summed E-state index contributed by atoms with van der Waals surface area (Å²) in [7, 11) is 0. The van der Waals surface area contributed by atoms with Crippen molar-refractivity contribution in [1.29, 1.82) is 0 Å². The number of amides is 3. The molecule has 8 heteroatoms. The Labute approximate surface area is 172 Å². The largest absolute Gasteiger partial charge is 0.379 e. The molecule has 3 amide bonds. The van der Waals surface area contributed by atoms with Gasteiger partial charge in [-0.15, -0.1) is 0 Å². The maximum absolute atomic E-state index is 12.6. The Morgan fingerprint density at radius 1 is 1.14 bits per heavy atom. The molecule has 3 rings (SSSR count). The topological polar surface area (TPSA) is 80.3 Å². The van der Waals surface area contributed by atoms with Gasteiger partial charge in [-0.3, -0.25) is 4.79 Å². The lowest BCUT2D eigenvalue weighted by Gasteiger charge is -2.35. The summed E-state index contributed by atoms with van der Waals surface area (Å²) in [5, 5.41) is 2.94. The number of urea groups is 1. The fraction of sp³-hybridized carbons (Fsp3) is 0.619. The second-order valence-corrected chi connectivity index (χ2v) is 7.19. The molecule has 1 unspecified atom stereocenters. The molecule has 2 fully saturated rings. The van der Waals surface area contributed by atoms with Crippen LogP contribution in [0.5, 0.6) is 0 Å². The highest BCUT2D eigenvalue weighted by atomic mass is 16.5. The normalized spacial score (nSPS) is 19.4. The number of carbonyl (C=O) groups excluding carboxylic acids is 2. The molecule has 1 aromatic carbocycles. The zero-order valence-electron chi connectivity index (χ0n) is 17.1. The van der Waals surface area contributed by atoms with Crippen molar-refractivity contribution in [3.8, 4) is 0 Å². The molecular weight excluding hydrogens is 374 g/mol. The van der Waals surface area contributed by atoms with Gasteiger partial charge in [0.05, 0.1) is 19.8 Å². The quantitative estimate of drug-likeness (QED) is 0.670. The smallest absolute Gasteiger partial charge is 0.321 e. The van der Waals surface area contributed by atoms with Crippen LogP contribution >= 0.6 is 0 Å². The number of nitrogens with zero attached hydrogens (tertiary/aromatic N) is 2. The minimum atomic E-state index is -0.297. The van der Waals surface area contributed by atoms with Gasteiger partial charge in [0, 0.05) is 45.1 Å². The van der Waals surface area contributed by atoms with Crippen LogP contribution in [0.25, 0.3) is 0 Å². The lowest BCUT2D eigenvalue weighted by atomic mass is 10.2. The Kier molecular flexibility index (Phi) is 8.27. The number of anilines is 1. The summed E-state index contributed by atoms with van der Waals surface area (Å²) in [6, 6.07) is 7.48. The van der Waals surface area contributed by atoms with E-state index in [0.717, 1.165) is 24.1 Å². The average molecular weight is 405 g/mol. The monoisotopic (exact) mass is 405 g/mol. The van der Waals surface area contributed by atoms with E-state index in [2.05, 4.69) is 5.32 Å². The van der Waals surface area contributed by atoms with Gasteiger partial charge >= 0.3 is 6.03 Å². The molecule has 1 N–H and O–H groups in total. The number of hydrogen-bond donors (Lipinski definition) is 1. The first-order valence-corrected chi connectivity index (χ1v) is 10.4. The van der Waals surface area contributed by atoms with Crippen molar-refractivity contribution in [1.82, 2.24) is 9.80 Å². The molecule has 2 saturated heterocycles. The Morgan fingerprint density at radius 3 is 2.62 bits per heavy atom. The van der Waals surface area contributed by atoms with Crippen LogP contribution in [0.3, 0.4) is 0 Å². The first kappa shape index (κ1) is 21.5. The van der Waals surface area contributed by atoms with Crippen LogP contribution in [-0.2, 0) is 25.6 Å². The van der Waals surface area contributed by atoms with Crippen LogP contribution < -0.4 is 5.32 Å². The summed E-state index contributed by atoms with van der Waals surface area (Å²) in [4.78, 5) is 28.5. The molecule has 2 aliphatic heterocycles. The third-order valence-corrected chi connectivity index (χ3v) is 5.11. The number of rotatable bonds is 8. The minimum absolute atomic E-state index is 0.0552. The molecule has 0 saturated carbocycles. The summed E-state index contributed by atoms with van der Waals surface area (Å²) in [5.41, 5.74) is 1.73. The molecule has 1 atom stereocenters. The van der Waals surface area contributed by atoms with Crippen molar-refractivity contribution < 1.29 is 23.8 Å². The van der Waals surface area contributed by atoms with Gasteiger partial charge in [0.2, 0.25) is 0 Å². The van der Waals surface area contributed by atoms with Crippen LogP contribution in [0.4, 0.5) is 10.5 Å². The SMILES string of the molecule is CCOCCOCc1cccc(NC(=O)N2CCN(C(=O)C3CCCO3)CC2)c1. The van der Waals surface area contributed by atoms with Crippen molar-refractivity contribution >= 4 is 17.6 Å². The number of carbonyl (C=O) groups is 2. The van der Waals surface area contributed by atoms with E-state index in [4.69, 9.17) is 14.2 Å². The van der Waals surface area contributed by atoms with Crippen LogP contribution in [-0.4, -0.2) is 80.4 Å². The molecule has 2 aliphatic rings. The second-order valence-electron chi connectivity index (χ2n) is 7.19. The number of hydrogen-bond acceptors (Lipinski definition) is 5. The fourth-order valence-electron chi connectivity index (χ4n) is 3.50. The van der Waals surface area contributed by atoms with Crippen LogP contribution in [0.1, 0.15) is 25.3 Å². The van der Waals surface area contributed by atoms with Crippen molar-refractivity contribution in [2.24, 2.45) is 0 Å². The number of ether oxygens (including phenoxy) is 3. The summed E-state index contributed by atoms with van der Waals surface area (Å²) < 4.78 is 16.3. The van der Waals surface area contributed by atoms with Gasteiger partial charge in [-0.25, -0.2) is 4.79 Å². The van der Waals surface area contributed by atoms with E-state index in [1.807, 2.05) is 31.2 Å². The lowest BCUT2D eigenvalue weighted by molar-refractivity contribution is -0.142. The Bertz CT molecular complexity index is 670. The second kappa shape index (κ2) is 11.1. The average Bonchev–Trinajstić information content (AvgIpc) is 3.28. The van der Waals surface area contributed by atoms with Crippen molar-refractivity contribution in [2.75, 3.05) is 57.9 Å². The fourth-order valence-corrected chi connectivity index (χ4v) is 3.50. The molecule has 29 heavy (non-hydrogen) atoms. The van der Waals surface area contributed by atoms with Crippen LogP contribution in [0.2, 0.25) is 0 Å². The predicted octanol–water partition coefficient (Wildman–Crippen LogP) is 2.09. The predicted molar refractivity (Wildman–Crippen MR) is 109 cm³/mol. The standard InChI is InChI=1S/C21H31N3O5/c1-2-27-13-14-28-16-17-5-3-6-18(15-17)22-21(26)24-10-8-23(9-11-24)20(25)19-7-4-12-29-19/h3,5-6,15,19H,2,4,7-14,16H2,1H3,(H,22,26). The van der Waals surface area contributed by atoms with Crippen molar-refractivity contribution in [3.05, 3.63) is 29.8 Å². The highest BCUT2D eigenvalue weighted by Crippen LogP contribution is 2.17. The maximum Gasteiger partial charge on any atom is 0.321 e. The molecule has 0 aliphatic carbocycles. The summed E-state index contributed by atoms with van der Waals surface area (Å²) in [5.74, 6) is 0.0552. The molecule has 0 aromatic heterocycles. The van der Waals surface area contributed by atoms with Gasteiger partial charge in [0.15, 0.2) is 0 Å². The van der Waals surface area contributed by atoms with Gasteiger partial charge in [-0.1, -0.05) is 12.1 Å². The summed E-state index contributed by atoms with van der Waals surface area (Å²) >= 11 is 0. The maximum atomic E-state index is 12.6. The third-order valence-electron chi connectivity index (χ3n) is 5.11. The molecule has 1 aromatic rings. The summed E-state index contributed by atoms with van der Waals surface area (Å²) in [6.07, 6.45) is 1.44. The number of piperazine rings is 1.